The van der Waals surface area contributed by atoms with Crippen LogP contribution in [-0.4, -0.2) is 38.6 Å². The van der Waals surface area contributed by atoms with Crippen LogP contribution in [0, 0.1) is 13.8 Å². The van der Waals surface area contributed by atoms with E-state index in [9.17, 15) is 22.8 Å². The predicted molar refractivity (Wildman–Crippen MR) is 107 cm³/mol. The number of benzene rings is 1. The molecule has 0 spiro atoms. The van der Waals surface area contributed by atoms with Crippen LogP contribution in [0.2, 0.25) is 0 Å². The second kappa shape index (κ2) is 8.58. The van der Waals surface area contributed by atoms with Crippen molar-refractivity contribution >= 4 is 29.1 Å². The van der Waals surface area contributed by atoms with E-state index in [1.165, 1.54) is 7.05 Å². The molecule has 0 saturated carbocycles. The molecule has 2 heterocycles. The maximum atomic E-state index is 12.9. The van der Waals surface area contributed by atoms with Crippen molar-refractivity contribution in [1.82, 2.24) is 24.9 Å². The summed E-state index contributed by atoms with van der Waals surface area (Å²) in [6.45, 7) is 3.27. The summed E-state index contributed by atoms with van der Waals surface area (Å²) in [6.07, 6.45) is -4.31. The number of carbonyl (C=O) groups excluding carboxylic acids is 2. The zero-order chi connectivity index (χ0) is 22.8. The van der Waals surface area contributed by atoms with Crippen LogP contribution in [0.5, 0.6) is 0 Å². The number of rotatable bonds is 5. The SMILES string of the molecule is CNC(=O)Nc1ccc(NC(=O)CCc2c(C)nc3nc(C(F)(F)F)nn3c2C)cc1. The molecular formula is C19H20F3N7O2. The molecular weight excluding hydrogens is 415 g/mol. The molecule has 0 fully saturated rings. The highest BCUT2D eigenvalue weighted by Crippen LogP contribution is 2.27. The first-order valence-electron chi connectivity index (χ1n) is 9.27. The maximum absolute atomic E-state index is 12.9. The minimum absolute atomic E-state index is 0.0912. The lowest BCUT2D eigenvalue weighted by Crippen LogP contribution is -2.24. The monoisotopic (exact) mass is 435 g/mol. The average molecular weight is 435 g/mol. The van der Waals surface area contributed by atoms with E-state index in [-0.39, 0.29) is 30.6 Å². The molecule has 3 rings (SSSR count). The van der Waals surface area contributed by atoms with Crippen LogP contribution in [0.25, 0.3) is 5.78 Å². The molecule has 3 N–H and O–H groups in total. The lowest BCUT2D eigenvalue weighted by atomic mass is 10.1. The fourth-order valence-corrected chi connectivity index (χ4v) is 2.98. The van der Waals surface area contributed by atoms with Gasteiger partial charge >= 0.3 is 12.2 Å². The van der Waals surface area contributed by atoms with Gasteiger partial charge in [0.2, 0.25) is 5.91 Å². The molecule has 0 saturated heterocycles. The van der Waals surface area contributed by atoms with E-state index in [1.54, 1.807) is 38.1 Å². The van der Waals surface area contributed by atoms with Crippen molar-refractivity contribution in [1.29, 1.82) is 0 Å². The zero-order valence-electron chi connectivity index (χ0n) is 17.0. The number of aryl methyl sites for hydroxylation is 2. The van der Waals surface area contributed by atoms with Crippen LogP contribution in [-0.2, 0) is 17.4 Å². The van der Waals surface area contributed by atoms with E-state index < -0.39 is 12.0 Å². The molecule has 1 aromatic carbocycles. The molecule has 0 aliphatic carbocycles. The highest BCUT2D eigenvalue weighted by atomic mass is 19.4. The smallest absolute Gasteiger partial charge is 0.341 e. The lowest BCUT2D eigenvalue weighted by Gasteiger charge is -2.11. The summed E-state index contributed by atoms with van der Waals surface area (Å²) >= 11 is 0. The number of aromatic nitrogens is 4. The summed E-state index contributed by atoms with van der Waals surface area (Å²) in [4.78, 5) is 31.1. The molecule has 31 heavy (non-hydrogen) atoms. The van der Waals surface area contributed by atoms with Crippen LogP contribution >= 0.6 is 0 Å². The minimum atomic E-state index is -4.67. The molecule has 3 amide bonds. The summed E-state index contributed by atoms with van der Waals surface area (Å²) in [7, 11) is 1.50. The van der Waals surface area contributed by atoms with Gasteiger partial charge < -0.3 is 16.0 Å². The van der Waals surface area contributed by atoms with Gasteiger partial charge in [0.1, 0.15) is 0 Å². The first kappa shape index (κ1) is 22.0. The van der Waals surface area contributed by atoms with Crippen LogP contribution < -0.4 is 16.0 Å². The third-order valence-electron chi connectivity index (χ3n) is 4.56. The molecule has 0 aliphatic heterocycles. The first-order valence-corrected chi connectivity index (χ1v) is 9.27. The van der Waals surface area contributed by atoms with Gasteiger partial charge in [-0.1, -0.05) is 0 Å². The largest absolute Gasteiger partial charge is 0.453 e. The molecule has 0 atom stereocenters. The molecule has 9 nitrogen and oxygen atoms in total. The Kier molecular flexibility index (Phi) is 6.09. The quantitative estimate of drug-likeness (QED) is 0.570. The second-order valence-electron chi connectivity index (χ2n) is 6.74. The Morgan fingerprint density at radius 1 is 1.03 bits per heavy atom. The van der Waals surface area contributed by atoms with Gasteiger partial charge in [-0.15, -0.1) is 5.10 Å². The Hall–Kier alpha value is -3.70. The van der Waals surface area contributed by atoms with E-state index >= 15 is 0 Å². The number of amides is 3. The fraction of sp³-hybridized carbons (Fsp3) is 0.316. The Bertz CT molecular complexity index is 1120. The van der Waals surface area contributed by atoms with Gasteiger partial charge in [0.25, 0.3) is 11.6 Å². The topological polar surface area (TPSA) is 113 Å². The van der Waals surface area contributed by atoms with E-state index in [2.05, 4.69) is 31.0 Å². The molecule has 0 bridgehead atoms. The van der Waals surface area contributed by atoms with Crippen molar-refractivity contribution in [3.05, 3.63) is 47.0 Å². The number of carbonyl (C=O) groups is 2. The van der Waals surface area contributed by atoms with Crippen molar-refractivity contribution in [3.63, 3.8) is 0 Å². The molecule has 164 valence electrons. The van der Waals surface area contributed by atoms with E-state index in [0.29, 0.717) is 28.3 Å². The molecule has 0 radical (unpaired) electrons. The number of hydrogen-bond donors (Lipinski definition) is 3. The van der Waals surface area contributed by atoms with Gasteiger partial charge in [0, 0.05) is 36.2 Å². The van der Waals surface area contributed by atoms with Crippen LogP contribution in [0.1, 0.15) is 29.2 Å². The number of halogens is 3. The van der Waals surface area contributed by atoms with Crippen molar-refractivity contribution in [2.45, 2.75) is 32.9 Å². The van der Waals surface area contributed by atoms with Gasteiger partial charge in [-0.2, -0.15) is 18.2 Å². The number of fused-ring (bicyclic) bond motifs is 1. The highest BCUT2D eigenvalue weighted by molar-refractivity contribution is 5.92. The van der Waals surface area contributed by atoms with Crippen molar-refractivity contribution < 1.29 is 22.8 Å². The number of nitrogens with one attached hydrogen (secondary N) is 3. The third-order valence-corrected chi connectivity index (χ3v) is 4.56. The van der Waals surface area contributed by atoms with Crippen LogP contribution in [0.15, 0.2) is 24.3 Å². The lowest BCUT2D eigenvalue weighted by molar-refractivity contribution is -0.144. The standard InChI is InChI=1S/C19H20F3N7O2/c1-10-14(11(2)29-17(24-10)27-16(28-29)19(20,21)22)8-9-15(30)25-12-4-6-13(7-5-12)26-18(31)23-3/h4-7H,8-9H2,1-3H3,(H,25,30)(H2,23,26,31). The summed E-state index contributed by atoms with van der Waals surface area (Å²) in [5.41, 5.74) is 2.67. The Morgan fingerprint density at radius 3 is 2.23 bits per heavy atom. The Balaban J connectivity index is 1.68. The summed E-state index contributed by atoms with van der Waals surface area (Å²) < 4.78 is 39.7. The van der Waals surface area contributed by atoms with Gasteiger partial charge in [0.15, 0.2) is 0 Å². The second-order valence-corrected chi connectivity index (χ2v) is 6.74. The zero-order valence-corrected chi connectivity index (χ0v) is 17.0. The molecule has 12 heteroatoms. The van der Waals surface area contributed by atoms with E-state index in [0.717, 1.165) is 4.52 Å². The number of nitrogens with zero attached hydrogens (tertiary/aromatic N) is 4. The third kappa shape index (κ3) is 5.08. The van der Waals surface area contributed by atoms with Crippen LogP contribution in [0.4, 0.5) is 29.3 Å². The van der Waals surface area contributed by atoms with Gasteiger partial charge in [-0.3, -0.25) is 4.79 Å². The normalized spacial score (nSPS) is 11.4. The number of urea groups is 1. The molecule has 0 aliphatic rings. The average Bonchev–Trinajstić information content (AvgIpc) is 3.14. The number of anilines is 2. The highest BCUT2D eigenvalue weighted by Gasteiger charge is 2.36. The maximum Gasteiger partial charge on any atom is 0.453 e. The summed E-state index contributed by atoms with van der Waals surface area (Å²) in [5, 5.41) is 11.3. The molecule has 0 unspecified atom stereocenters. The summed E-state index contributed by atoms with van der Waals surface area (Å²) in [6, 6.07) is 6.20. The van der Waals surface area contributed by atoms with Gasteiger partial charge in [0.05, 0.1) is 0 Å². The summed E-state index contributed by atoms with van der Waals surface area (Å²) in [5.74, 6) is -1.67. The first-order chi connectivity index (χ1) is 14.6. The Labute approximate surface area is 175 Å². The fourth-order valence-electron chi connectivity index (χ4n) is 2.98. The van der Waals surface area contributed by atoms with Crippen LogP contribution in [0.3, 0.4) is 0 Å². The van der Waals surface area contributed by atoms with Gasteiger partial charge in [-0.25, -0.2) is 14.3 Å². The molecule has 2 aromatic heterocycles. The number of alkyl halides is 3. The Morgan fingerprint density at radius 2 is 1.65 bits per heavy atom. The molecule has 3 aromatic rings. The van der Waals surface area contributed by atoms with Crippen molar-refractivity contribution in [3.8, 4) is 0 Å². The number of hydrogen-bond acceptors (Lipinski definition) is 5. The van der Waals surface area contributed by atoms with Crippen molar-refractivity contribution in [2.24, 2.45) is 0 Å². The van der Waals surface area contributed by atoms with E-state index in [4.69, 9.17) is 0 Å². The predicted octanol–water partition coefficient (Wildman–Crippen LogP) is 3.08. The minimum Gasteiger partial charge on any atom is -0.341 e. The van der Waals surface area contributed by atoms with Gasteiger partial charge in [-0.05, 0) is 50.1 Å². The van der Waals surface area contributed by atoms with E-state index in [1.807, 2.05) is 0 Å². The van der Waals surface area contributed by atoms with Crippen molar-refractivity contribution in [2.75, 3.05) is 17.7 Å².